The summed E-state index contributed by atoms with van der Waals surface area (Å²) in [5.41, 5.74) is 8.19. The molecule has 0 unspecified atom stereocenters. The lowest BCUT2D eigenvalue weighted by atomic mass is 10.1. The maximum Gasteiger partial charge on any atom is 0.335 e. The van der Waals surface area contributed by atoms with Gasteiger partial charge in [-0.1, -0.05) is 5.11 Å². The summed E-state index contributed by atoms with van der Waals surface area (Å²) in [6, 6.07) is -0.148. The quantitative estimate of drug-likeness (QED) is 0.298. The van der Waals surface area contributed by atoms with E-state index in [1.807, 2.05) is 0 Å². The number of carbonyl (C=O) groups excluding carboxylic acids is 1. The first-order chi connectivity index (χ1) is 6.77. The molecule has 0 saturated carbocycles. The Hall–Kier alpha value is -1.26. The van der Waals surface area contributed by atoms with Gasteiger partial charge in [0.25, 0.3) is 0 Å². The summed E-state index contributed by atoms with van der Waals surface area (Å²) >= 11 is 0. The fraction of sp³-hybridized carbons (Fsp3) is 0.875. The first-order valence-electron chi connectivity index (χ1n) is 4.60. The molecular formula is C8H13N3O3. The monoisotopic (exact) mass is 199 g/mol. The molecule has 1 aliphatic heterocycles. The Morgan fingerprint density at radius 3 is 3.00 bits per heavy atom. The zero-order valence-corrected chi connectivity index (χ0v) is 8.05. The van der Waals surface area contributed by atoms with Gasteiger partial charge >= 0.3 is 5.97 Å². The van der Waals surface area contributed by atoms with Crippen LogP contribution in [0, 0.1) is 0 Å². The van der Waals surface area contributed by atoms with Crippen molar-refractivity contribution in [2.75, 3.05) is 13.2 Å². The minimum atomic E-state index is -0.486. The van der Waals surface area contributed by atoms with Crippen LogP contribution in [0.2, 0.25) is 0 Å². The van der Waals surface area contributed by atoms with Crippen molar-refractivity contribution < 1.29 is 14.3 Å². The molecule has 0 aromatic heterocycles. The van der Waals surface area contributed by atoms with E-state index in [-0.39, 0.29) is 12.0 Å². The largest absolute Gasteiger partial charge is 0.464 e. The van der Waals surface area contributed by atoms with E-state index in [9.17, 15) is 4.79 Å². The lowest BCUT2D eigenvalue weighted by Gasteiger charge is -2.24. The van der Waals surface area contributed by atoms with Gasteiger partial charge in [0.15, 0.2) is 6.10 Å². The predicted molar refractivity (Wildman–Crippen MR) is 48.5 cm³/mol. The van der Waals surface area contributed by atoms with Crippen molar-refractivity contribution in [1.82, 2.24) is 0 Å². The lowest BCUT2D eigenvalue weighted by molar-refractivity contribution is -0.159. The van der Waals surface area contributed by atoms with Gasteiger partial charge in [0.1, 0.15) is 0 Å². The highest BCUT2D eigenvalue weighted by Gasteiger charge is 2.27. The fourth-order valence-corrected chi connectivity index (χ4v) is 1.32. The van der Waals surface area contributed by atoms with Crippen LogP contribution < -0.4 is 0 Å². The number of nitrogens with zero attached hydrogens (tertiary/aromatic N) is 3. The number of esters is 1. The zero-order valence-electron chi connectivity index (χ0n) is 8.05. The highest BCUT2D eigenvalue weighted by atomic mass is 16.6. The Balaban J connectivity index is 2.35. The van der Waals surface area contributed by atoms with Crippen LogP contribution >= 0.6 is 0 Å². The second-order valence-corrected chi connectivity index (χ2v) is 3.01. The third-order valence-corrected chi connectivity index (χ3v) is 2.02. The summed E-state index contributed by atoms with van der Waals surface area (Å²) in [4.78, 5) is 13.9. The number of azide groups is 1. The SMILES string of the molecule is CCOC(=O)[C@@H]1CC[C@H](N=[N+]=[N-])CO1. The topological polar surface area (TPSA) is 84.3 Å². The van der Waals surface area contributed by atoms with Gasteiger partial charge in [0.05, 0.1) is 19.3 Å². The second-order valence-electron chi connectivity index (χ2n) is 3.01. The molecule has 1 fully saturated rings. The molecule has 1 aliphatic rings. The summed E-state index contributed by atoms with van der Waals surface area (Å²) < 4.78 is 10.0. The second kappa shape index (κ2) is 5.47. The number of hydrogen-bond acceptors (Lipinski definition) is 4. The molecule has 0 spiro atoms. The Labute approximate surface area is 81.8 Å². The van der Waals surface area contributed by atoms with Crippen LogP contribution in [0.5, 0.6) is 0 Å². The minimum absolute atomic E-state index is 0.148. The van der Waals surface area contributed by atoms with Gasteiger partial charge in [-0.15, -0.1) is 0 Å². The first kappa shape index (κ1) is 10.8. The molecule has 0 bridgehead atoms. The van der Waals surface area contributed by atoms with E-state index in [1.165, 1.54) is 0 Å². The van der Waals surface area contributed by atoms with Crippen molar-refractivity contribution in [2.45, 2.75) is 31.9 Å². The molecule has 0 amide bonds. The molecular weight excluding hydrogens is 186 g/mol. The zero-order chi connectivity index (χ0) is 10.4. The van der Waals surface area contributed by atoms with E-state index >= 15 is 0 Å². The van der Waals surface area contributed by atoms with Crippen LogP contribution in [0.3, 0.4) is 0 Å². The van der Waals surface area contributed by atoms with Gasteiger partial charge in [-0.25, -0.2) is 4.79 Å². The molecule has 1 saturated heterocycles. The van der Waals surface area contributed by atoms with E-state index in [4.69, 9.17) is 15.0 Å². The van der Waals surface area contributed by atoms with Crippen LogP contribution in [0.25, 0.3) is 10.4 Å². The molecule has 0 aromatic rings. The van der Waals surface area contributed by atoms with Crippen molar-refractivity contribution in [3.05, 3.63) is 10.4 Å². The molecule has 14 heavy (non-hydrogen) atoms. The van der Waals surface area contributed by atoms with Gasteiger partial charge in [-0.2, -0.15) is 0 Å². The van der Waals surface area contributed by atoms with Crippen molar-refractivity contribution in [3.8, 4) is 0 Å². The maximum atomic E-state index is 11.2. The van der Waals surface area contributed by atoms with Gasteiger partial charge in [0.2, 0.25) is 0 Å². The predicted octanol–water partition coefficient (Wildman–Crippen LogP) is 1.41. The molecule has 0 aliphatic carbocycles. The van der Waals surface area contributed by atoms with Crippen LogP contribution in [0.1, 0.15) is 19.8 Å². The lowest BCUT2D eigenvalue weighted by Crippen LogP contribution is -2.35. The van der Waals surface area contributed by atoms with E-state index in [0.717, 1.165) is 0 Å². The van der Waals surface area contributed by atoms with Gasteiger partial charge in [0, 0.05) is 4.91 Å². The Bertz CT molecular complexity index is 242. The van der Waals surface area contributed by atoms with E-state index in [0.29, 0.717) is 26.1 Å². The van der Waals surface area contributed by atoms with Gasteiger partial charge in [-0.3, -0.25) is 0 Å². The van der Waals surface area contributed by atoms with Gasteiger partial charge in [-0.05, 0) is 25.3 Å². The Morgan fingerprint density at radius 1 is 1.71 bits per heavy atom. The number of rotatable bonds is 3. The molecule has 0 N–H and O–H groups in total. The van der Waals surface area contributed by atoms with Crippen LogP contribution in [-0.2, 0) is 14.3 Å². The Morgan fingerprint density at radius 2 is 2.50 bits per heavy atom. The standard InChI is InChI=1S/C8H13N3O3/c1-2-13-8(12)7-4-3-6(5-14-7)10-11-9/h6-7H,2-5H2,1H3/t6-,7-/m0/s1. The average Bonchev–Trinajstić information content (AvgIpc) is 2.20. The normalized spacial score (nSPS) is 26.4. The van der Waals surface area contributed by atoms with Crippen molar-refractivity contribution in [2.24, 2.45) is 5.11 Å². The minimum Gasteiger partial charge on any atom is -0.464 e. The average molecular weight is 199 g/mol. The molecule has 78 valence electrons. The van der Waals surface area contributed by atoms with Crippen LogP contribution in [-0.4, -0.2) is 31.3 Å². The smallest absolute Gasteiger partial charge is 0.335 e. The number of carbonyl (C=O) groups is 1. The summed E-state index contributed by atoms with van der Waals surface area (Å²) in [6.45, 7) is 2.41. The van der Waals surface area contributed by atoms with Crippen molar-refractivity contribution in [1.29, 1.82) is 0 Å². The first-order valence-corrected chi connectivity index (χ1v) is 4.60. The molecule has 1 rings (SSSR count). The number of hydrogen-bond donors (Lipinski definition) is 0. The van der Waals surface area contributed by atoms with E-state index in [2.05, 4.69) is 10.0 Å². The third-order valence-electron chi connectivity index (χ3n) is 2.02. The van der Waals surface area contributed by atoms with Crippen molar-refractivity contribution >= 4 is 5.97 Å². The molecule has 6 nitrogen and oxygen atoms in total. The summed E-state index contributed by atoms with van der Waals surface area (Å²) in [6.07, 6.45) is 0.746. The summed E-state index contributed by atoms with van der Waals surface area (Å²) in [7, 11) is 0. The van der Waals surface area contributed by atoms with Gasteiger partial charge < -0.3 is 9.47 Å². The molecule has 6 heteroatoms. The maximum absolute atomic E-state index is 11.2. The van der Waals surface area contributed by atoms with Crippen LogP contribution in [0.15, 0.2) is 5.11 Å². The number of ether oxygens (including phenoxy) is 2. The third kappa shape index (κ3) is 2.90. The molecule has 0 radical (unpaired) electrons. The molecule has 1 heterocycles. The molecule has 0 aromatic carbocycles. The summed E-state index contributed by atoms with van der Waals surface area (Å²) in [5, 5.41) is 3.53. The fourth-order valence-electron chi connectivity index (χ4n) is 1.32. The highest BCUT2D eigenvalue weighted by Crippen LogP contribution is 2.17. The van der Waals surface area contributed by atoms with E-state index in [1.54, 1.807) is 6.92 Å². The van der Waals surface area contributed by atoms with Crippen molar-refractivity contribution in [3.63, 3.8) is 0 Å². The highest BCUT2D eigenvalue weighted by molar-refractivity contribution is 5.74. The van der Waals surface area contributed by atoms with Crippen LogP contribution in [0.4, 0.5) is 0 Å². The Kier molecular flexibility index (Phi) is 4.22. The van der Waals surface area contributed by atoms with E-state index < -0.39 is 6.10 Å². The molecule has 2 atom stereocenters. The summed E-state index contributed by atoms with van der Waals surface area (Å²) in [5.74, 6) is -0.327.